The summed E-state index contributed by atoms with van der Waals surface area (Å²) in [5.74, 6) is -1.95. The molecule has 0 unspecified atom stereocenters. The summed E-state index contributed by atoms with van der Waals surface area (Å²) in [6.45, 7) is 0. The molecule has 160 valence electrons. The minimum atomic E-state index is -1.85. The molecule has 0 bridgehead atoms. The normalized spacial score (nSPS) is 26.8. The molecule has 0 aromatic heterocycles. The lowest BCUT2D eigenvalue weighted by atomic mass is 9.99. The van der Waals surface area contributed by atoms with Crippen LogP contribution >= 0.6 is 0 Å². The van der Waals surface area contributed by atoms with E-state index in [1.54, 1.807) is 0 Å². The van der Waals surface area contributed by atoms with Crippen LogP contribution in [0, 0.1) is 0 Å². The minimum absolute atomic E-state index is 0.0537. The lowest BCUT2D eigenvalue weighted by Gasteiger charge is -2.38. The number of aliphatic hydroxyl groups is 3. The van der Waals surface area contributed by atoms with E-state index in [9.17, 15) is 24.9 Å². The van der Waals surface area contributed by atoms with Gasteiger partial charge >= 0.3 is 11.9 Å². The van der Waals surface area contributed by atoms with E-state index in [2.05, 4.69) is 4.74 Å². The van der Waals surface area contributed by atoms with Gasteiger partial charge in [0.05, 0.1) is 21.3 Å². The molecule has 1 aliphatic rings. The predicted molar refractivity (Wildman–Crippen MR) is 95.5 cm³/mol. The third kappa shape index (κ3) is 4.95. The van der Waals surface area contributed by atoms with Crippen molar-refractivity contribution in [2.24, 2.45) is 0 Å². The minimum Gasteiger partial charge on any atom is -0.493 e. The maximum Gasteiger partial charge on any atom is 0.335 e. The number of methoxy groups -OCH3 is 3. The topological polar surface area (TPSA) is 161 Å². The number of carboxylic acid groups (broad SMARTS) is 1. The standard InChI is InChI=1S/C18H22O11/c1-25-9-6-8(4-5-11(19)27-3)7-10(26-2)15(9)28-18-14(22)12(20)13(21)16(29-18)17(23)24/h4-7,12-14,16,18,20-22H,1-3H3,(H,23,24)/b5-4+/t12-,13-,14+,16-,18+/m0/s1. The zero-order valence-corrected chi connectivity index (χ0v) is 15.8. The molecule has 1 saturated heterocycles. The van der Waals surface area contributed by atoms with Crippen LogP contribution < -0.4 is 14.2 Å². The average molecular weight is 414 g/mol. The van der Waals surface area contributed by atoms with Crippen LogP contribution in [0.2, 0.25) is 0 Å². The Kier molecular flexibility index (Phi) is 7.40. The van der Waals surface area contributed by atoms with E-state index in [0.717, 1.165) is 0 Å². The summed E-state index contributed by atoms with van der Waals surface area (Å²) in [5.41, 5.74) is 0.487. The van der Waals surface area contributed by atoms with Crippen LogP contribution in [0.3, 0.4) is 0 Å². The van der Waals surface area contributed by atoms with Crippen LogP contribution in [0.5, 0.6) is 17.2 Å². The van der Waals surface area contributed by atoms with E-state index in [0.29, 0.717) is 5.56 Å². The first kappa shape index (κ1) is 22.4. The Balaban J connectivity index is 2.36. The van der Waals surface area contributed by atoms with Gasteiger partial charge in [0, 0.05) is 6.08 Å². The molecule has 2 rings (SSSR count). The summed E-state index contributed by atoms with van der Waals surface area (Å²) in [6.07, 6.45) is -6.28. The molecule has 11 nitrogen and oxygen atoms in total. The third-order valence-electron chi connectivity index (χ3n) is 4.14. The summed E-state index contributed by atoms with van der Waals surface area (Å²) >= 11 is 0. The fourth-order valence-corrected chi connectivity index (χ4v) is 2.61. The number of ether oxygens (including phenoxy) is 5. The van der Waals surface area contributed by atoms with Crippen molar-refractivity contribution in [3.8, 4) is 17.2 Å². The number of aliphatic hydroxyl groups excluding tert-OH is 3. The molecule has 0 amide bonds. The molecular formula is C18H22O11. The van der Waals surface area contributed by atoms with Gasteiger partial charge in [-0.1, -0.05) is 0 Å². The van der Waals surface area contributed by atoms with E-state index in [-0.39, 0.29) is 17.2 Å². The highest BCUT2D eigenvalue weighted by molar-refractivity contribution is 5.87. The zero-order valence-electron chi connectivity index (χ0n) is 15.8. The predicted octanol–water partition coefficient (Wildman–Crippen LogP) is -0.839. The van der Waals surface area contributed by atoms with Crippen molar-refractivity contribution in [1.82, 2.24) is 0 Å². The van der Waals surface area contributed by atoms with Crippen LogP contribution in [0.25, 0.3) is 6.08 Å². The molecule has 0 aliphatic carbocycles. The Labute approximate surface area is 165 Å². The van der Waals surface area contributed by atoms with Gasteiger partial charge in [-0.15, -0.1) is 0 Å². The molecule has 0 saturated carbocycles. The molecule has 0 spiro atoms. The fourth-order valence-electron chi connectivity index (χ4n) is 2.61. The molecule has 11 heteroatoms. The molecule has 5 atom stereocenters. The second-order valence-corrected chi connectivity index (χ2v) is 5.96. The Bertz CT molecular complexity index is 750. The van der Waals surface area contributed by atoms with Gasteiger partial charge in [0.25, 0.3) is 0 Å². The number of benzene rings is 1. The van der Waals surface area contributed by atoms with Crippen molar-refractivity contribution in [3.05, 3.63) is 23.8 Å². The zero-order chi connectivity index (χ0) is 21.7. The number of rotatable bonds is 7. The number of hydrogen-bond donors (Lipinski definition) is 4. The van der Waals surface area contributed by atoms with E-state index < -0.39 is 42.6 Å². The Morgan fingerprint density at radius 1 is 1.00 bits per heavy atom. The first-order valence-electron chi connectivity index (χ1n) is 8.34. The second kappa shape index (κ2) is 9.56. The van der Waals surface area contributed by atoms with Gasteiger partial charge in [-0.2, -0.15) is 0 Å². The summed E-state index contributed by atoms with van der Waals surface area (Å²) in [4.78, 5) is 22.5. The van der Waals surface area contributed by atoms with Crippen LogP contribution in [0.15, 0.2) is 18.2 Å². The molecular weight excluding hydrogens is 392 g/mol. The lowest BCUT2D eigenvalue weighted by Crippen LogP contribution is -2.61. The van der Waals surface area contributed by atoms with Crippen molar-refractivity contribution >= 4 is 18.0 Å². The fraction of sp³-hybridized carbons (Fsp3) is 0.444. The Morgan fingerprint density at radius 2 is 1.59 bits per heavy atom. The number of carbonyl (C=O) groups excluding carboxylic acids is 1. The van der Waals surface area contributed by atoms with Crippen molar-refractivity contribution < 1.29 is 53.7 Å². The van der Waals surface area contributed by atoms with Crippen LogP contribution in [-0.4, -0.2) is 84.4 Å². The smallest absolute Gasteiger partial charge is 0.335 e. The highest BCUT2D eigenvalue weighted by Gasteiger charge is 2.48. The molecule has 0 radical (unpaired) electrons. The van der Waals surface area contributed by atoms with Crippen molar-refractivity contribution in [2.75, 3.05) is 21.3 Å². The number of carboxylic acids is 1. The first-order chi connectivity index (χ1) is 13.7. The Hall–Kier alpha value is -2.86. The number of esters is 1. The summed E-state index contributed by atoms with van der Waals surface area (Å²) in [6, 6.07) is 2.96. The molecule has 1 heterocycles. The number of carbonyl (C=O) groups is 2. The van der Waals surface area contributed by atoms with Gasteiger partial charge in [0.1, 0.15) is 18.3 Å². The van der Waals surface area contributed by atoms with E-state index in [1.807, 2.05) is 0 Å². The maximum absolute atomic E-state index is 11.3. The van der Waals surface area contributed by atoms with Gasteiger partial charge < -0.3 is 44.1 Å². The van der Waals surface area contributed by atoms with E-state index in [4.69, 9.17) is 24.1 Å². The van der Waals surface area contributed by atoms with Crippen molar-refractivity contribution in [1.29, 1.82) is 0 Å². The molecule has 1 aromatic rings. The third-order valence-corrected chi connectivity index (χ3v) is 4.14. The number of aliphatic carboxylic acids is 1. The van der Waals surface area contributed by atoms with Gasteiger partial charge in [-0.3, -0.25) is 0 Å². The van der Waals surface area contributed by atoms with Crippen LogP contribution in [0.4, 0.5) is 0 Å². The highest BCUT2D eigenvalue weighted by Crippen LogP contribution is 2.40. The molecule has 4 N–H and O–H groups in total. The van der Waals surface area contributed by atoms with Gasteiger partial charge in [0.15, 0.2) is 17.6 Å². The molecule has 1 aromatic carbocycles. The SMILES string of the molecule is COC(=O)/C=C/c1cc(OC)c(O[C@@H]2O[C@H](C(=O)O)[C@@H](O)[C@H](O)[C@H]2O)c(OC)c1. The number of hydrogen-bond acceptors (Lipinski definition) is 10. The lowest BCUT2D eigenvalue weighted by molar-refractivity contribution is -0.271. The van der Waals surface area contributed by atoms with Crippen molar-refractivity contribution in [2.45, 2.75) is 30.7 Å². The van der Waals surface area contributed by atoms with Gasteiger partial charge in [-0.05, 0) is 23.8 Å². The van der Waals surface area contributed by atoms with E-state index in [1.165, 1.54) is 45.6 Å². The molecule has 1 fully saturated rings. The molecule has 1 aliphatic heterocycles. The second-order valence-electron chi connectivity index (χ2n) is 5.96. The first-order valence-corrected chi connectivity index (χ1v) is 8.34. The largest absolute Gasteiger partial charge is 0.493 e. The van der Waals surface area contributed by atoms with Gasteiger partial charge in [-0.25, -0.2) is 9.59 Å². The summed E-state index contributed by atoms with van der Waals surface area (Å²) in [7, 11) is 3.88. The van der Waals surface area contributed by atoms with Crippen LogP contribution in [0.1, 0.15) is 5.56 Å². The quantitative estimate of drug-likeness (QED) is 0.325. The van der Waals surface area contributed by atoms with Crippen LogP contribution in [-0.2, 0) is 19.1 Å². The maximum atomic E-state index is 11.3. The summed E-state index contributed by atoms with van der Waals surface area (Å²) in [5, 5.41) is 38.9. The van der Waals surface area contributed by atoms with Crippen molar-refractivity contribution in [3.63, 3.8) is 0 Å². The van der Waals surface area contributed by atoms with E-state index >= 15 is 0 Å². The Morgan fingerprint density at radius 3 is 2.07 bits per heavy atom. The highest BCUT2D eigenvalue weighted by atomic mass is 16.7. The molecule has 29 heavy (non-hydrogen) atoms. The van der Waals surface area contributed by atoms with Gasteiger partial charge in [0.2, 0.25) is 12.0 Å². The monoisotopic (exact) mass is 414 g/mol. The summed E-state index contributed by atoms with van der Waals surface area (Å²) < 4.78 is 25.6. The average Bonchev–Trinajstić information content (AvgIpc) is 2.71.